The minimum atomic E-state index is -1.03. The fourth-order valence-electron chi connectivity index (χ4n) is 3.29. The summed E-state index contributed by atoms with van der Waals surface area (Å²) in [5, 5.41) is 3.84. The van der Waals surface area contributed by atoms with E-state index in [0.717, 1.165) is 17.7 Å². The molecule has 3 amide bonds. The van der Waals surface area contributed by atoms with Gasteiger partial charge in [0.2, 0.25) is 5.91 Å². The van der Waals surface area contributed by atoms with Gasteiger partial charge in [-0.05, 0) is 17.7 Å². The van der Waals surface area contributed by atoms with E-state index < -0.39 is 23.3 Å². The third kappa shape index (κ3) is 3.48. The summed E-state index contributed by atoms with van der Waals surface area (Å²) in [6, 6.07) is 12.2. The number of carbonyl (C=O) groups is 2. The number of carbonyl (C=O) groups excluding carboxylic acids is 2. The number of likely N-dealkylation sites (tertiary alicyclic amines) is 1. The molecule has 0 aromatic heterocycles. The van der Waals surface area contributed by atoms with Gasteiger partial charge in [-0.1, -0.05) is 30.3 Å². The van der Waals surface area contributed by atoms with Crippen LogP contribution in [0.3, 0.4) is 0 Å². The van der Waals surface area contributed by atoms with Crippen LogP contribution in [0.15, 0.2) is 48.5 Å². The van der Waals surface area contributed by atoms with Crippen molar-refractivity contribution >= 4 is 17.6 Å². The monoisotopic (exact) mass is 373 g/mol. The zero-order valence-corrected chi connectivity index (χ0v) is 14.3. The molecule has 2 heterocycles. The van der Waals surface area contributed by atoms with Crippen molar-refractivity contribution in [3.63, 3.8) is 0 Å². The predicted octanol–water partition coefficient (Wildman–Crippen LogP) is 2.92. The molecular weight excluding hydrogens is 356 g/mol. The molecule has 2 fully saturated rings. The van der Waals surface area contributed by atoms with Gasteiger partial charge >= 0.3 is 6.03 Å². The smallest absolute Gasteiger partial charge is 0.318 e. The number of nitrogens with one attached hydrogen (secondary N) is 1. The van der Waals surface area contributed by atoms with E-state index in [2.05, 4.69) is 5.32 Å². The van der Waals surface area contributed by atoms with Crippen LogP contribution in [0.4, 0.5) is 19.3 Å². The van der Waals surface area contributed by atoms with Gasteiger partial charge in [0.25, 0.3) is 0 Å². The third-order valence-corrected chi connectivity index (χ3v) is 4.64. The van der Waals surface area contributed by atoms with E-state index in [1.165, 1.54) is 16.0 Å². The van der Waals surface area contributed by atoms with Gasteiger partial charge in [0.05, 0.1) is 26.1 Å². The van der Waals surface area contributed by atoms with Gasteiger partial charge in [-0.15, -0.1) is 0 Å². The van der Waals surface area contributed by atoms with Crippen LogP contribution in [0.2, 0.25) is 0 Å². The average Bonchev–Trinajstić information content (AvgIpc) is 2.94. The fraction of sp³-hybridized carbons (Fsp3) is 0.263. The van der Waals surface area contributed by atoms with Crippen molar-refractivity contribution in [2.45, 2.75) is 18.6 Å². The van der Waals surface area contributed by atoms with Crippen molar-refractivity contribution < 1.29 is 23.2 Å². The molecule has 0 unspecified atom stereocenters. The molecule has 27 heavy (non-hydrogen) atoms. The standard InChI is InChI=1S/C19H17F2N3O3/c20-15-7-6-14(8-16(15)21)22-18(26)23-11-19(12-23)9-17(25)24(27-19)10-13-4-2-1-3-5-13/h1-8H,9-12H2,(H,22,26). The van der Waals surface area contributed by atoms with Crippen molar-refractivity contribution in [1.29, 1.82) is 0 Å². The first kappa shape index (κ1) is 17.4. The maximum Gasteiger partial charge on any atom is 0.322 e. The Balaban J connectivity index is 1.33. The summed E-state index contributed by atoms with van der Waals surface area (Å²) in [5.41, 5.74) is 0.404. The summed E-state index contributed by atoms with van der Waals surface area (Å²) in [6.45, 7) is 0.849. The number of nitrogens with zero attached hydrogens (tertiary/aromatic N) is 2. The van der Waals surface area contributed by atoms with Crippen LogP contribution >= 0.6 is 0 Å². The number of hydroxylamine groups is 2. The number of hydrogen-bond acceptors (Lipinski definition) is 3. The molecule has 2 aromatic rings. The zero-order chi connectivity index (χ0) is 19.0. The van der Waals surface area contributed by atoms with Gasteiger partial charge in [-0.3, -0.25) is 9.63 Å². The summed E-state index contributed by atoms with van der Waals surface area (Å²) in [6.07, 6.45) is 0.203. The lowest BCUT2D eigenvalue weighted by Gasteiger charge is -2.45. The Morgan fingerprint density at radius 3 is 2.56 bits per heavy atom. The van der Waals surface area contributed by atoms with Gasteiger partial charge in [-0.2, -0.15) is 0 Å². The van der Waals surface area contributed by atoms with E-state index in [9.17, 15) is 18.4 Å². The highest BCUT2D eigenvalue weighted by atomic mass is 19.2. The first-order chi connectivity index (χ1) is 12.9. The summed E-state index contributed by atoms with van der Waals surface area (Å²) >= 11 is 0. The number of benzene rings is 2. The first-order valence-corrected chi connectivity index (χ1v) is 8.49. The lowest BCUT2D eigenvalue weighted by atomic mass is 9.91. The van der Waals surface area contributed by atoms with E-state index in [0.29, 0.717) is 6.54 Å². The van der Waals surface area contributed by atoms with Gasteiger partial charge in [0.1, 0.15) is 5.60 Å². The van der Waals surface area contributed by atoms with Crippen molar-refractivity contribution in [3.05, 3.63) is 65.7 Å². The second-order valence-corrected chi connectivity index (χ2v) is 6.78. The minimum Gasteiger partial charge on any atom is -0.318 e. The topological polar surface area (TPSA) is 61.9 Å². The second-order valence-electron chi connectivity index (χ2n) is 6.78. The van der Waals surface area contributed by atoms with Gasteiger partial charge < -0.3 is 10.2 Å². The zero-order valence-electron chi connectivity index (χ0n) is 14.3. The van der Waals surface area contributed by atoms with Crippen LogP contribution in [0.5, 0.6) is 0 Å². The fourth-order valence-corrected chi connectivity index (χ4v) is 3.29. The first-order valence-electron chi connectivity index (χ1n) is 8.49. The minimum absolute atomic E-state index is 0.125. The lowest BCUT2D eigenvalue weighted by molar-refractivity contribution is -0.232. The third-order valence-electron chi connectivity index (χ3n) is 4.64. The number of halogens is 2. The van der Waals surface area contributed by atoms with Crippen LogP contribution in [0.25, 0.3) is 0 Å². The molecule has 0 aliphatic carbocycles. The van der Waals surface area contributed by atoms with Crippen molar-refractivity contribution in [1.82, 2.24) is 9.96 Å². The molecule has 0 radical (unpaired) electrons. The summed E-state index contributed by atoms with van der Waals surface area (Å²) < 4.78 is 26.2. The van der Waals surface area contributed by atoms with Crippen LogP contribution in [-0.2, 0) is 16.2 Å². The molecule has 1 N–H and O–H groups in total. The molecule has 2 aromatic carbocycles. The molecule has 2 saturated heterocycles. The average molecular weight is 373 g/mol. The quantitative estimate of drug-likeness (QED) is 0.900. The normalized spacial score (nSPS) is 17.9. The Labute approximate surface area is 154 Å². The maximum atomic E-state index is 13.2. The summed E-state index contributed by atoms with van der Waals surface area (Å²) in [5.74, 6) is -2.14. The summed E-state index contributed by atoms with van der Waals surface area (Å²) in [4.78, 5) is 31.7. The van der Waals surface area contributed by atoms with Crippen LogP contribution < -0.4 is 5.32 Å². The van der Waals surface area contributed by atoms with Crippen molar-refractivity contribution in [3.8, 4) is 0 Å². The Kier molecular flexibility index (Phi) is 4.27. The molecule has 0 saturated carbocycles. The highest BCUT2D eigenvalue weighted by Crippen LogP contribution is 2.36. The molecule has 2 aliphatic rings. The largest absolute Gasteiger partial charge is 0.322 e. The summed E-state index contributed by atoms with van der Waals surface area (Å²) in [7, 11) is 0. The molecule has 2 aliphatic heterocycles. The van der Waals surface area contributed by atoms with E-state index >= 15 is 0 Å². The molecule has 8 heteroatoms. The molecule has 140 valence electrons. The molecule has 4 rings (SSSR count). The van der Waals surface area contributed by atoms with Gasteiger partial charge in [-0.25, -0.2) is 18.6 Å². The number of urea groups is 1. The Bertz CT molecular complexity index is 885. The number of rotatable bonds is 3. The van der Waals surface area contributed by atoms with E-state index in [4.69, 9.17) is 4.84 Å². The van der Waals surface area contributed by atoms with Crippen molar-refractivity contribution in [2.24, 2.45) is 0 Å². The van der Waals surface area contributed by atoms with E-state index in [1.807, 2.05) is 30.3 Å². The number of amides is 3. The second kappa shape index (κ2) is 6.62. The molecule has 1 spiro atoms. The van der Waals surface area contributed by atoms with Gasteiger partial charge in [0.15, 0.2) is 11.6 Å². The highest BCUT2D eigenvalue weighted by molar-refractivity contribution is 5.90. The predicted molar refractivity (Wildman–Crippen MR) is 92.4 cm³/mol. The van der Waals surface area contributed by atoms with Crippen LogP contribution in [-0.4, -0.2) is 40.6 Å². The van der Waals surface area contributed by atoms with E-state index in [1.54, 1.807) is 0 Å². The van der Waals surface area contributed by atoms with Crippen molar-refractivity contribution in [2.75, 3.05) is 18.4 Å². The van der Waals surface area contributed by atoms with Gasteiger partial charge in [0, 0.05) is 11.8 Å². The Morgan fingerprint density at radius 1 is 1.11 bits per heavy atom. The van der Waals surface area contributed by atoms with E-state index in [-0.39, 0.29) is 31.1 Å². The molecule has 6 nitrogen and oxygen atoms in total. The Morgan fingerprint density at radius 2 is 1.85 bits per heavy atom. The number of anilines is 1. The molecule has 0 atom stereocenters. The van der Waals surface area contributed by atoms with Crippen LogP contribution in [0.1, 0.15) is 12.0 Å². The highest BCUT2D eigenvalue weighted by Gasteiger charge is 2.54. The molecular formula is C19H17F2N3O3. The SMILES string of the molecule is O=C(Nc1ccc(F)c(F)c1)N1CC2(CC(=O)N(Cc3ccccc3)O2)C1. The number of hydrogen-bond donors (Lipinski definition) is 1. The molecule has 0 bridgehead atoms. The van der Waals surface area contributed by atoms with Crippen LogP contribution in [0, 0.1) is 11.6 Å². The lowest BCUT2D eigenvalue weighted by Crippen LogP contribution is -2.64. The Hall–Kier alpha value is -3.00. The maximum absolute atomic E-state index is 13.2.